The van der Waals surface area contributed by atoms with Gasteiger partial charge in [0.2, 0.25) is 5.91 Å². The molecule has 3 nitrogen and oxygen atoms in total. The predicted molar refractivity (Wildman–Crippen MR) is 84.8 cm³/mol. The monoisotopic (exact) mass is 286 g/mol. The SMILES string of the molecule is CC(C)C1NC(Cc2ccccc2)C(=O)N1C1CCCC1. The number of nitrogens with one attached hydrogen (secondary N) is 1. The molecule has 2 fully saturated rings. The highest BCUT2D eigenvalue weighted by Crippen LogP contribution is 2.30. The second-order valence-corrected chi connectivity index (χ2v) is 6.78. The van der Waals surface area contributed by atoms with E-state index in [2.05, 4.69) is 36.2 Å². The maximum atomic E-state index is 12.9. The summed E-state index contributed by atoms with van der Waals surface area (Å²) in [5.74, 6) is 0.764. The number of hydrogen-bond acceptors (Lipinski definition) is 2. The van der Waals surface area contributed by atoms with Crippen molar-refractivity contribution in [3.63, 3.8) is 0 Å². The number of benzene rings is 1. The van der Waals surface area contributed by atoms with E-state index in [9.17, 15) is 4.79 Å². The molecular weight excluding hydrogens is 260 g/mol. The molecule has 1 saturated heterocycles. The van der Waals surface area contributed by atoms with E-state index in [0.717, 1.165) is 6.42 Å². The molecule has 1 heterocycles. The van der Waals surface area contributed by atoms with Crippen LogP contribution in [0.2, 0.25) is 0 Å². The van der Waals surface area contributed by atoms with Crippen LogP contribution < -0.4 is 5.32 Å². The van der Waals surface area contributed by atoms with Crippen LogP contribution in [0.15, 0.2) is 30.3 Å². The van der Waals surface area contributed by atoms with Crippen molar-refractivity contribution in [2.75, 3.05) is 0 Å². The Hall–Kier alpha value is -1.35. The molecule has 2 unspecified atom stereocenters. The van der Waals surface area contributed by atoms with Gasteiger partial charge in [0.05, 0.1) is 12.2 Å². The van der Waals surface area contributed by atoms with E-state index in [0.29, 0.717) is 17.9 Å². The number of rotatable bonds is 4. The van der Waals surface area contributed by atoms with Crippen LogP contribution in [0.3, 0.4) is 0 Å². The van der Waals surface area contributed by atoms with Crippen molar-refractivity contribution in [1.29, 1.82) is 0 Å². The number of carbonyl (C=O) groups excluding carboxylic acids is 1. The van der Waals surface area contributed by atoms with Gasteiger partial charge in [-0.15, -0.1) is 0 Å². The second kappa shape index (κ2) is 6.18. The van der Waals surface area contributed by atoms with Gasteiger partial charge in [0.25, 0.3) is 0 Å². The van der Waals surface area contributed by atoms with Crippen LogP contribution in [-0.4, -0.2) is 29.1 Å². The average molecular weight is 286 g/mol. The van der Waals surface area contributed by atoms with Gasteiger partial charge in [-0.1, -0.05) is 57.0 Å². The standard InChI is InChI=1S/C18H26N2O/c1-13(2)17-19-16(12-14-8-4-3-5-9-14)18(21)20(17)15-10-6-7-11-15/h3-5,8-9,13,15-17,19H,6-7,10-12H2,1-2H3. The van der Waals surface area contributed by atoms with E-state index in [4.69, 9.17) is 0 Å². The Morgan fingerprint density at radius 1 is 1.19 bits per heavy atom. The molecular formula is C18H26N2O. The van der Waals surface area contributed by atoms with Crippen LogP contribution in [0.5, 0.6) is 0 Å². The molecule has 0 spiro atoms. The Morgan fingerprint density at radius 3 is 2.48 bits per heavy atom. The predicted octanol–water partition coefficient (Wildman–Crippen LogP) is 2.95. The molecule has 2 atom stereocenters. The summed E-state index contributed by atoms with van der Waals surface area (Å²) in [7, 11) is 0. The molecule has 1 aliphatic heterocycles. The van der Waals surface area contributed by atoms with E-state index >= 15 is 0 Å². The van der Waals surface area contributed by atoms with Gasteiger partial charge < -0.3 is 4.90 Å². The normalized spacial score (nSPS) is 27.0. The largest absolute Gasteiger partial charge is 0.323 e. The quantitative estimate of drug-likeness (QED) is 0.923. The minimum absolute atomic E-state index is 0.0552. The molecule has 1 saturated carbocycles. The topological polar surface area (TPSA) is 32.3 Å². The smallest absolute Gasteiger partial charge is 0.241 e. The lowest BCUT2D eigenvalue weighted by Crippen LogP contribution is -2.46. The van der Waals surface area contributed by atoms with Crippen LogP contribution in [0.1, 0.15) is 45.1 Å². The van der Waals surface area contributed by atoms with Gasteiger partial charge in [-0.3, -0.25) is 10.1 Å². The van der Waals surface area contributed by atoms with Gasteiger partial charge in [-0.05, 0) is 30.7 Å². The third-order valence-electron chi connectivity index (χ3n) is 4.86. The minimum atomic E-state index is -0.0552. The summed E-state index contributed by atoms with van der Waals surface area (Å²) in [5, 5.41) is 3.59. The summed E-state index contributed by atoms with van der Waals surface area (Å²) in [6.45, 7) is 4.41. The van der Waals surface area contributed by atoms with Crippen LogP contribution >= 0.6 is 0 Å². The molecule has 2 aliphatic rings. The number of amides is 1. The molecule has 3 rings (SSSR count). The molecule has 21 heavy (non-hydrogen) atoms. The van der Waals surface area contributed by atoms with Crippen molar-refractivity contribution in [2.45, 2.75) is 64.2 Å². The summed E-state index contributed by atoms with van der Waals surface area (Å²) >= 11 is 0. The van der Waals surface area contributed by atoms with Crippen molar-refractivity contribution >= 4 is 5.91 Å². The molecule has 1 aromatic carbocycles. The van der Waals surface area contributed by atoms with Gasteiger partial charge in [0.1, 0.15) is 0 Å². The van der Waals surface area contributed by atoms with Gasteiger partial charge >= 0.3 is 0 Å². The molecule has 3 heteroatoms. The lowest BCUT2D eigenvalue weighted by Gasteiger charge is -2.32. The zero-order valence-electron chi connectivity index (χ0n) is 13.1. The highest BCUT2D eigenvalue weighted by Gasteiger charge is 2.43. The summed E-state index contributed by atoms with van der Waals surface area (Å²) in [6, 6.07) is 10.7. The zero-order valence-corrected chi connectivity index (χ0v) is 13.1. The second-order valence-electron chi connectivity index (χ2n) is 6.78. The Balaban J connectivity index is 1.76. The minimum Gasteiger partial charge on any atom is -0.323 e. The van der Waals surface area contributed by atoms with Gasteiger partial charge in [0, 0.05) is 6.04 Å². The third-order valence-corrected chi connectivity index (χ3v) is 4.86. The first-order valence-corrected chi connectivity index (χ1v) is 8.29. The molecule has 0 bridgehead atoms. The van der Waals surface area contributed by atoms with Gasteiger partial charge in [0.15, 0.2) is 0 Å². The van der Waals surface area contributed by atoms with E-state index in [-0.39, 0.29) is 12.2 Å². The molecule has 0 aromatic heterocycles. The maximum Gasteiger partial charge on any atom is 0.241 e. The Kier molecular flexibility index (Phi) is 4.29. The first kappa shape index (κ1) is 14.6. The molecule has 1 aromatic rings. The number of hydrogen-bond donors (Lipinski definition) is 1. The third kappa shape index (κ3) is 2.98. The van der Waals surface area contributed by atoms with E-state index in [1.54, 1.807) is 0 Å². The average Bonchev–Trinajstić information content (AvgIpc) is 3.09. The first-order valence-electron chi connectivity index (χ1n) is 8.29. The van der Waals surface area contributed by atoms with Crippen LogP contribution in [-0.2, 0) is 11.2 Å². The van der Waals surface area contributed by atoms with Crippen LogP contribution in [0.25, 0.3) is 0 Å². The maximum absolute atomic E-state index is 12.9. The van der Waals surface area contributed by atoms with E-state index < -0.39 is 0 Å². The summed E-state index contributed by atoms with van der Waals surface area (Å²) in [5.41, 5.74) is 1.24. The van der Waals surface area contributed by atoms with Gasteiger partial charge in [-0.25, -0.2) is 0 Å². The Bertz CT molecular complexity index is 479. The summed E-state index contributed by atoms with van der Waals surface area (Å²) < 4.78 is 0. The number of nitrogens with zero attached hydrogens (tertiary/aromatic N) is 1. The highest BCUT2D eigenvalue weighted by molar-refractivity contribution is 5.85. The van der Waals surface area contributed by atoms with Crippen molar-refractivity contribution in [2.24, 2.45) is 5.92 Å². The Morgan fingerprint density at radius 2 is 1.86 bits per heavy atom. The molecule has 1 N–H and O–H groups in total. The van der Waals surface area contributed by atoms with Crippen molar-refractivity contribution in [1.82, 2.24) is 10.2 Å². The van der Waals surface area contributed by atoms with Crippen molar-refractivity contribution in [3.8, 4) is 0 Å². The fourth-order valence-electron chi connectivity index (χ4n) is 3.77. The molecule has 1 amide bonds. The van der Waals surface area contributed by atoms with E-state index in [1.165, 1.54) is 31.2 Å². The molecule has 1 aliphatic carbocycles. The van der Waals surface area contributed by atoms with Gasteiger partial charge in [-0.2, -0.15) is 0 Å². The van der Waals surface area contributed by atoms with Crippen LogP contribution in [0.4, 0.5) is 0 Å². The van der Waals surface area contributed by atoms with Crippen molar-refractivity contribution < 1.29 is 4.79 Å². The Labute approximate surface area is 127 Å². The summed E-state index contributed by atoms with van der Waals surface area (Å²) in [4.78, 5) is 15.0. The summed E-state index contributed by atoms with van der Waals surface area (Å²) in [6.07, 6.45) is 5.88. The highest BCUT2D eigenvalue weighted by atomic mass is 16.2. The zero-order chi connectivity index (χ0) is 14.8. The molecule has 0 radical (unpaired) electrons. The first-order chi connectivity index (χ1) is 10.2. The molecule has 114 valence electrons. The van der Waals surface area contributed by atoms with Crippen LogP contribution in [0, 0.1) is 5.92 Å². The fourth-order valence-corrected chi connectivity index (χ4v) is 3.77. The van der Waals surface area contributed by atoms with Crippen molar-refractivity contribution in [3.05, 3.63) is 35.9 Å². The lowest BCUT2D eigenvalue weighted by atomic mass is 10.1. The van der Waals surface area contributed by atoms with E-state index in [1.807, 2.05) is 18.2 Å². The fraction of sp³-hybridized carbons (Fsp3) is 0.611. The lowest BCUT2D eigenvalue weighted by molar-refractivity contribution is -0.132. The number of carbonyl (C=O) groups is 1.